The van der Waals surface area contributed by atoms with Gasteiger partial charge in [0.05, 0.1) is 13.2 Å². The van der Waals surface area contributed by atoms with Crippen molar-refractivity contribution in [2.45, 2.75) is 13.0 Å². The van der Waals surface area contributed by atoms with Gasteiger partial charge in [0.1, 0.15) is 0 Å². The number of carbonyl (C=O) groups is 2. The van der Waals surface area contributed by atoms with Gasteiger partial charge in [0.2, 0.25) is 0 Å². The molecular formula is C16H18BrNO4. The number of rotatable bonds is 4. The first-order chi connectivity index (χ1) is 10.6. The molecule has 1 atom stereocenters. The number of halogens is 1. The molecule has 0 N–H and O–H groups in total. The first-order valence-electron chi connectivity index (χ1n) is 7.07. The number of nitrogens with zero attached hydrogens (tertiary/aromatic N) is 1. The minimum Gasteiger partial charge on any atom is -0.449 e. The third kappa shape index (κ3) is 4.96. The van der Waals surface area contributed by atoms with Crippen molar-refractivity contribution in [3.05, 3.63) is 40.4 Å². The van der Waals surface area contributed by atoms with Crippen molar-refractivity contribution in [2.75, 3.05) is 26.3 Å². The predicted molar refractivity (Wildman–Crippen MR) is 86.1 cm³/mol. The van der Waals surface area contributed by atoms with Gasteiger partial charge in [-0.3, -0.25) is 4.79 Å². The van der Waals surface area contributed by atoms with E-state index in [2.05, 4.69) is 15.9 Å². The quantitative estimate of drug-likeness (QED) is 0.604. The number of hydrogen-bond donors (Lipinski definition) is 0. The highest BCUT2D eigenvalue weighted by Gasteiger charge is 2.24. The van der Waals surface area contributed by atoms with Crippen LogP contribution < -0.4 is 0 Å². The summed E-state index contributed by atoms with van der Waals surface area (Å²) in [6.45, 7) is 3.71. The second kappa shape index (κ2) is 8.10. The number of morpholine rings is 1. The highest BCUT2D eigenvalue weighted by Crippen LogP contribution is 2.11. The van der Waals surface area contributed by atoms with E-state index in [1.54, 1.807) is 17.9 Å². The van der Waals surface area contributed by atoms with E-state index in [1.165, 1.54) is 6.08 Å². The maximum absolute atomic E-state index is 12.1. The highest BCUT2D eigenvalue weighted by molar-refractivity contribution is 9.10. The van der Waals surface area contributed by atoms with Crippen LogP contribution in [0.25, 0.3) is 6.08 Å². The van der Waals surface area contributed by atoms with Crippen molar-refractivity contribution in [3.63, 3.8) is 0 Å². The smallest absolute Gasteiger partial charge is 0.331 e. The zero-order valence-corrected chi connectivity index (χ0v) is 13.9. The van der Waals surface area contributed by atoms with Gasteiger partial charge in [-0.1, -0.05) is 28.1 Å². The molecule has 1 aromatic carbocycles. The molecule has 22 heavy (non-hydrogen) atoms. The van der Waals surface area contributed by atoms with Crippen LogP contribution in [0.2, 0.25) is 0 Å². The topological polar surface area (TPSA) is 55.8 Å². The molecule has 0 bridgehead atoms. The molecule has 1 aromatic rings. The second-order valence-electron chi connectivity index (χ2n) is 4.90. The number of amides is 1. The molecule has 0 aliphatic carbocycles. The molecule has 6 heteroatoms. The lowest BCUT2D eigenvalue weighted by molar-refractivity contribution is -0.157. The molecule has 0 aromatic heterocycles. The molecule has 1 aliphatic heterocycles. The lowest BCUT2D eigenvalue weighted by Crippen LogP contribution is -2.45. The van der Waals surface area contributed by atoms with E-state index in [-0.39, 0.29) is 5.91 Å². The van der Waals surface area contributed by atoms with Crippen LogP contribution >= 0.6 is 15.9 Å². The molecule has 1 saturated heterocycles. The Bertz CT molecular complexity index is 550. The fourth-order valence-electron chi connectivity index (χ4n) is 2.04. The van der Waals surface area contributed by atoms with E-state index in [0.717, 1.165) is 10.0 Å². The molecule has 0 spiro atoms. The van der Waals surface area contributed by atoms with Gasteiger partial charge in [-0.15, -0.1) is 0 Å². The van der Waals surface area contributed by atoms with Gasteiger partial charge in [-0.25, -0.2) is 4.79 Å². The fourth-order valence-corrected chi connectivity index (χ4v) is 2.31. The first-order valence-corrected chi connectivity index (χ1v) is 7.86. The van der Waals surface area contributed by atoms with Gasteiger partial charge < -0.3 is 14.4 Å². The summed E-state index contributed by atoms with van der Waals surface area (Å²) in [6, 6.07) is 7.51. The fraction of sp³-hybridized carbons (Fsp3) is 0.375. The van der Waals surface area contributed by atoms with Crippen LogP contribution in [0.4, 0.5) is 0 Å². The lowest BCUT2D eigenvalue weighted by atomic mass is 10.2. The Labute approximate surface area is 138 Å². The number of carbonyl (C=O) groups excluding carboxylic acids is 2. The monoisotopic (exact) mass is 367 g/mol. The van der Waals surface area contributed by atoms with E-state index < -0.39 is 12.1 Å². The van der Waals surface area contributed by atoms with Crippen LogP contribution in [0.5, 0.6) is 0 Å². The Kier molecular flexibility index (Phi) is 6.15. The molecule has 1 aliphatic rings. The average molecular weight is 368 g/mol. The van der Waals surface area contributed by atoms with Gasteiger partial charge in [-0.05, 0) is 30.7 Å². The summed E-state index contributed by atoms with van der Waals surface area (Å²) in [6.07, 6.45) is 2.19. The van der Waals surface area contributed by atoms with E-state index in [0.29, 0.717) is 26.3 Å². The Balaban J connectivity index is 1.85. The molecular weight excluding hydrogens is 350 g/mol. The predicted octanol–water partition coefficient (Wildman–Crippen LogP) is 2.25. The summed E-state index contributed by atoms with van der Waals surface area (Å²) >= 11 is 3.35. The molecule has 1 fully saturated rings. The van der Waals surface area contributed by atoms with Gasteiger partial charge in [0.15, 0.2) is 6.10 Å². The highest BCUT2D eigenvalue weighted by atomic mass is 79.9. The summed E-state index contributed by atoms with van der Waals surface area (Å²) in [4.78, 5) is 25.5. The van der Waals surface area contributed by atoms with Crippen LogP contribution in [0.1, 0.15) is 12.5 Å². The summed E-state index contributed by atoms with van der Waals surface area (Å²) in [7, 11) is 0. The Hall–Kier alpha value is -1.66. The van der Waals surface area contributed by atoms with Gasteiger partial charge in [0, 0.05) is 23.6 Å². The molecule has 5 nitrogen and oxygen atoms in total. The van der Waals surface area contributed by atoms with Crippen molar-refractivity contribution in [1.29, 1.82) is 0 Å². The zero-order valence-electron chi connectivity index (χ0n) is 12.3. The number of ether oxygens (including phenoxy) is 2. The van der Waals surface area contributed by atoms with Crippen LogP contribution in [0.15, 0.2) is 34.8 Å². The standard InChI is InChI=1S/C16H18BrNO4/c1-12(16(20)18-8-10-21-11-9-18)22-15(19)7-4-13-2-5-14(17)6-3-13/h2-7,12H,8-11H2,1H3/b7-4-/t12-/m1/s1. The number of benzene rings is 1. The van der Waals surface area contributed by atoms with E-state index in [4.69, 9.17) is 9.47 Å². The minimum absolute atomic E-state index is 0.186. The third-order valence-electron chi connectivity index (χ3n) is 3.25. The van der Waals surface area contributed by atoms with Gasteiger partial charge in [0.25, 0.3) is 5.91 Å². The van der Waals surface area contributed by atoms with Crippen molar-refractivity contribution >= 4 is 33.9 Å². The molecule has 1 heterocycles. The van der Waals surface area contributed by atoms with Crippen molar-refractivity contribution in [2.24, 2.45) is 0 Å². The van der Waals surface area contributed by atoms with E-state index >= 15 is 0 Å². The molecule has 0 saturated carbocycles. The van der Waals surface area contributed by atoms with E-state index in [1.807, 2.05) is 24.3 Å². The van der Waals surface area contributed by atoms with Crippen LogP contribution in [0.3, 0.4) is 0 Å². The van der Waals surface area contributed by atoms with Crippen LogP contribution in [-0.2, 0) is 19.1 Å². The SMILES string of the molecule is C[C@@H](OC(=O)/C=C\c1ccc(Br)cc1)C(=O)N1CCOCC1. The molecule has 1 amide bonds. The summed E-state index contributed by atoms with van der Waals surface area (Å²) < 4.78 is 11.3. The van der Waals surface area contributed by atoms with Crippen molar-refractivity contribution in [3.8, 4) is 0 Å². The van der Waals surface area contributed by atoms with Crippen molar-refractivity contribution < 1.29 is 19.1 Å². The Morgan fingerprint density at radius 2 is 1.91 bits per heavy atom. The number of esters is 1. The van der Waals surface area contributed by atoms with E-state index in [9.17, 15) is 9.59 Å². The molecule has 2 rings (SSSR count). The summed E-state index contributed by atoms with van der Waals surface area (Å²) in [5.41, 5.74) is 0.882. The maximum atomic E-state index is 12.1. The minimum atomic E-state index is -0.792. The Morgan fingerprint density at radius 3 is 2.55 bits per heavy atom. The normalized spacial score (nSPS) is 16.5. The number of hydrogen-bond acceptors (Lipinski definition) is 4. The molecule has 0 radical (unpaired) electrons. The maximum Gasteiger partial charge on any atom is 0.331 e. The first kappa shape index (κ1) is 16.7. The molecule has 0 unspecified atom stereocenters. The second-order valence-corrected chi connectivity index (χ2v) is 5.82. The zero-order chi connectivity index (χ0) is 15.9. The van der Waals surface area contributed by atoms with Gasteiger partial charge in [-0.2, -0.15) is 0 Å². The van der Waals surface area contributed by atoms with Gasteiger partial charge >= 0.3 is 5.97 Å². The Morgan fingerprint density at radius 1 is 1.27 bits per heavy atom. The molecule has 118 valence electrons. The van der Waals surface area contributed by atoms with Crippen LogP contribution in [-0.4, -0.2) is 49.2 Å². The van der Waals surface area contributed by atoms with Crippen LogP contribution in [0, 0.1) is 0 Å². The van der Waals surface area contributed by atoms with Crippen molar-refractivity contribution in [1.82, 2.24) is 4.90 Å². The largest absolute Gasteiger partial charge is 0.449 e. The third-order valence-corrected chi connectivity index (χ3v) is 3.77. The lowest BCUT2D eigenvalue weighted by Gasteiger charge is -2.28. The average Bonchev–Trinajstić information content (AvgIpc) is 2.54. The summed E-state index contributed by atoms with van der Waals surface area (Å²) in [5, 5.41) is 0. The summed E-state index contributed by atoms with van der Waals surface area (Å²) in [5.74, 6) is -0.717.